The average Bonchev–Trinajstić information content (AvgIpc) is 3.35. The van der Waals surface area contributed by atoms with Crippen LogP contribution in [0.2, 0.25) is 0 Å². The van der Waals surface area contributed by atoms with Gasteiger partial charge in [0.15, 0.2) is 0 Å². The van der Waals surface area contributed by atoms with Crippen LogP contribution in [0.25, 0.3) is 10.6 Å². The lowest BCUT2D eigenvalue weighted by molar-refractivity contribution is 0.0946. The quantitative estimate of drug-likeness (QED) is 0.314. The number of hydrogen-bond donors (Lipinski definition) is 1. The minimum Gasteiger partial charge on any atom is -0.491 e. The molecule has 0 unspecified atom stereocenters. The van der Waals surface area contributed by atoms with Gasteiger partial charge >= 0.3 is 0 Å². The largest absolute Gasteiger partial charge is 0.491 e. The lowest BCUT2D eigenvalue weighted by Gasteiger charge is -2.08. The van der Waals surface area contributed by atoms with Crippen molar-refractivity contribution in [1.29, 1.82) is 0 Å². The van der Waals surface area contributed by atoms with E-state index in [1.54, 1.807) is 12.5 Å². The van der Waals surface area contributed by atoms with Gasteiger partial charge in [-0.2, -0.15) is 0 Å². The first kappa shape index (κ1) is 22.5. The molecular formula is C26H24N2O4S. The van der Waals surface area contributed by atoms with Crippen molar-refractivity contribution < 1.29 is 19.0 Å². The molecule has 0 radical (unpaired) electrons. The summed E-state index contributed by atoms with van der Waals surface area (Å²) < 4.78 is 16.4. The number of thiazole rings is 1. The molecule has 0 saturated carbocycles. The molecule has 0 aliphatic carbocycles. The number of ether oxygens (including phenoxy) is 3. The second kappa shape index (κ2) is 11.3. The molecule has 0 fully saturated rings. The Labute approximate surface area is 196 Å². The van der Waals surface area contributed by atoms with Crippen molar-refractivity contribution >= 4 is 17.2 Å². The van der Waals surface area contributed by atoms with E-state index in [0.29, 0.717) is 25.5 Å². The molecule has 33 heavy (non-hydrogen) atoms. The van der Waals surface area contributed by atoms with E-state index in [1.807, 2.05) is 78.9 Å². The molecule has 0 saturated heterocycles. The van der Waals surface area contributed by atoms with Crippen molar-refractivity contribution in [2.45, 2.75) is 6.54 Å². The summed E-state index contributed by atoms with van der Waals surface area (Å²) in [5.41, 5.74) is 2.27. The van der Waals surface area contributed by atoms with Gasteiger partial charge in [0.05, 0.1) is 6.61 Å². The molecule has 0 aliphatic heterocycles. The fourth-order valence-corrected chi connectivity index (χ4v) is 3.87. The summed E-state index contributed by atoms with van der Waals surface area (Å²) in [6.07, 6.45) is 0. The van der Waals surface area contributed by atoms with Crippen LogP contribution in [0.15, 0.2) is 84.2 Å². The minimum absolute atomic E-state index is 0.216. The Bertz CT molecular complexity index is 1180. The van der Waals surface area contributed by atoms with Crippen molar-refractivity contribution in [3.63, 3.8) is 0 Å². The van der Waals surface area contributed by atoms with Gasteiger partial charge in [0.25, 0.3) is 5.91 Å². The van der Waals surface area contributed by atoms with Crippen molar-refractivity contribution in [1.82, 2.24) is 10.3 Å². The van der Waals surface area contributed by atoms with Crippen LogP contribution in [-0.4, -0.2) is 31.2 Å². The first-order chi connectivity index (χ1) is 16.2. The first-order valence-corrected chi connectivity index (χ1v) is 11.4. The van der Waals surface area contributed by atoms with E-state index in [4.69, 9.17) is 14.2 Å². The zero-order valence-electron chi connectivity index (χ0n) is 18.2. The van der Waals surface area contributed by atoms with Gasteiger partial charge < -0.3 is 19.5 Å². The predicted octanol–water partition coefficient (Wildman–Crippen LogP) is 5.56. The molecule has 0 atom stereocenters. The maximum Gasteiger partial charge on any atom is 0.271 e. The number of hydrogen-bond acceptors (Lipinski definition) is 6. The fourth-order valence-electron chi connectivity index (χ4n) is 3.06. The molecular weight excluding hydrogens is 436 g/mol. The summed E-state index contributed by atoms with van der Waals surface area (Å²) in [6, 6.07) is 24.9. The number of rotatable bonds is 10. The summed E-state index contributed by atoms with van der Waals surface area (Å²) in [6.45, 7) is 1.42. The highest BCUT2D eigenvalue weighted by Gasteiger charge is 2.12. The standard InChI is InChI=1S/C26H24N2O4S/c1-30-14-15-31-21-12-10-20(11-13-21)26-28-24(18-33-26)25(29)27-17-19-6-5-9-23(16-19)32-22-7-3-2-4-8-22/h2-13,16,18H,14-15,17H2,1H3,(H,27,29). The molecule has 4 rings (SSSR count). The molecule has 4 aromatic rings. The number of carbonyl (C=O) groups excluding carboxylic acids is 1. The smallest absolute Gasteiger partial charge is 0.271 e. The van der Waals surface area contributed by atoms with E-state index < -0.39 is 0 Å². The summed E-state index contributed by atoms with van der Waals surface area (Å²) in [7, 11) is 1.64. The summed E-state index contributed by atoms with van der Waals surface area (Å²) in [5, 5.41) is 5.47. The third-order valence-corrected chi connectivity index (χ3v) is 5.62. The van der Waals surface area contributed by atoms with Crippen LogP contribution in [-0.2, 0) is 11.3 Å². The molecule has 1 heterocycles. The SMILES string of the molecule is COCCOc1ccc(-c2nc(C(=O)NCc3cccc(Oc4ccccc4)c3)cs2)cc1. The van der Waals surface area contributed by atoms with Crippen LogP contribution in [0, 0.1) is 0 Å². The molecule has 3 aromatic carbocycles. The molecule has 0 aliphatic rings. The summed E-state index contributed by atoms with van der Waals surface area (Å²) >= 11 is 1.43. The van der Waals surface area contributed by atoms with Crippen molar-refractivity contribution in [3.8, 4) is 27.8 Å². The molecule has 1 N–H and O–H groups in total. The lowest BCUT2D eigenvalue weighted by Crippen LogP contribution is -2.23. The monoisotopic (exact) mass is 460 g/mol. The van der Waals surface area contributed by atoms with E-state index in [1.165, 1.54) is 11.3 Å². The third kappa shape index (κ3) is 6.41. The van der Waals surface area contributed by atoms with Crippen molar-refractivity contribution in [3.05, 3.63) is 95.5 Å². The third-order valence-electron chi connectivity index (χ3n) is 4.72. The Morgan fingerprint density at radius 1 is 0.909 bits per heavy atom. The minimum atomic E-state index is -0.216. The van der Waals surface area contributed by atoms with E-state index in [0.717, 1.165) is 33.4 Å². The van der Waals surface area contributed by atoms with Gasteiger partial charge in [-0.3, -0.25) is 4.79 Å². The van der Waals surface area contributed by atoms with Gasteiger partial charge in [0.2, 0.25) is 0 Å². The Kier molecular flexibility index (Phi) is 7.68. The highest BCUT2D eigenvalue weighted by atomic mass is 32.1. The molecule has 168 valence electrons. The van der Waals surface area contributed by atoms with Gasteiger partial charge in [-0.25, -0.2) is 4.98 Å². The van der Waals surface area contributed by atoms with Crippen molar-refractivity contribution in [2.24, 2.45) is 0 Å². The number of para-hydroxylation sites is 1. The van der Waals surface area contributed by atoms with E-state index in [9.17, 15) is 4.79 Å². The van der Waals surface area contributed by atoms with Crippen LogP contribution in [0.5, 0.6) is 17.2 Å². The van der Waals surface area contributed by atoms with Gasteiger partial charge in [-0.15, -0.1) is 11.3 Å². The van der Waals surface area contributed by atoms with Gasteiger partial charge in [0.1, 0.15) is 34.6 Å². The number of amides is 1. The highest BCUT2D eigenvalue weighted by Crippen LogP contribution is 2.26. The molecule has 6 nitrogen and oxygen atoms in total. The second-order valence-corrected chi connectivity index (χ2v) is 8.01. The lowest BCUT2D eigenvalue weighted by atomic mass is 10.2. The summed E-state index contributed by atoms with van der Waals surface area (Å²) in [5.74, 6) is 2.04. The van der Waals surface area contributed by atoms with Crippen LogP contribution in [0.4, 0.5) is 0 Å². The predicted molar refractivity (Wildman–Crippen MR) is 129 cm³/mol. The molecule has 1 aromatic heterocycles. The maximum atomic E-state index is 12.6. The average molecular weight is 461 g/mol. The zero-order chi connectivity index (χ0) is 22.9. The Morgan fingerprint density at radius 3 is 2.48 bits per heavy atom. The van der Waals surface area contributed by atoms with E-state index in [2.05, 4.69) is 10.3 Å². The fraction of sp³-hybridized carbons (Fsp3) is 0.154. The number of nitrogens with zero attached hydrogens (tertiary/aromatic N) is 1. The first-order valence-electron chi connectivity index (χ1n) is 10.5. The number of carbonyl (C=O) groups is 1. The number of aromatic nitrogens is 1. The number of benzene rings is 3. The second-order valence-electron chi connectivity index (χ2n) is 7.15. The Morgan fingerprint density at radius 2 is 1.70 bits per heavy atom. The maximum absolute atomic E-state index is 12.6. The molecule has 7 heteroatoms. The topological polar surface area (TPSA) is 69.7 Å². The zero-order valence-corrected chi connectivity index (χ0v) is 19.0. The van der Waals surface area contributed by atoms with E-state index in [-0.39, 0.29) is 5.91 Å². The van der Waals surface area contributed by atoms with Gasteiger partial charge in [-0.1, -0.05) is 30.3 Å². The Hall–Kier alpha value is -3.68. The molecule has 0 bridgehead atoms. The number of nitrogens with one attached hydrogen (secondary N) is 1. The van der Waals surface area contributed by atoms with E-state index >= 15 is 0 Å². The normalized spacial score (nSPS) is 10.6. The number of methoxy groups -OCH3 is 1. The highest BCUT2D eigenvalue weighted by molar-refractivity contribution is 7.13. The van der Waals surface area contributed by atoms with Crippen LogP contribution in [0.1, 0.15) is 16.1 Å². The summed E-state index contributed by atoms with van der Waals surface area (Å²) in [4.78, 5) is 17.1. The van der Waals surface area contributed by atoms with Crippen molar-refractivity contribution in [2.75, 3.05) is 20.3 Å². The van der Waals surface area contributed by atoms with Gasteiger partial charge in [-0.05, 0) is 54.1 Å². The van der Waals surface area contributed by atoms with Crippen LogP contribution in [0.3, 0.4) is 0 Å². The molecule has 1 amide bonds. The molecule has 0 spiro atoms. The van der Waals surface area contributed by atoms with Crippen LogP contribution >= 0.6 is 11.3 Å². The Balaban J connectivity index is 1.33. The van der Waals surface area contributed by atoms with Gasteiger partial charge in [0, 0.05) is 24.6 Å². The van der Waals surface area contributed by atoms with Crippen LogP contribution < -0.4 is 14.8 Å².